The fourth-order valence-corrected chi connectivity index (χ4v) is 2.34. The molecule has 0 aromatic rings. The molecule has 0 aliphatic carbocycles. The van der Waals surface area contributed by atoms with Gasteiger partial charge in [-0.1, -0.05) is 0 Å². The Hall–Kier alpha value is -0.0800. The van der Waals surface area contributed by atoms with Gasteiger partial charge in [-0.3, -0.25) is 0 Å². The van der Waals surface area contributed by atoms with Crippen LogP contribution < -0.4 is 0 Å². The first-order chi connectivity index (χ1) is 5.20. The van der Waals surface area contributed by atoms with Gasteiger partial charge >= 0.3 is 0 Å². The van der Waals surface area contributed by atoms with E-state index in [0.29, 0.717) is 17.6 Å². The van der Waals surface area contributed by atoms with Crippen LogP contribution in [-0.4, -0.2) is 25.4 Å². The molecular weight excluding hydrogens is 140 g/mol. The molecule has 0 N–H and O–H groups in total. The van der Waals surface area contributed by atoms with E-state index in [9.17, 15) is 0 Å². The molecule has 0 bridgehead atoms. The van der Waals surface area contributed by atoms with Gasteiger partial charge in [0.1, 0.15) is 0 Å². The maximum absolute atomic E-state index is 5.56. The number of hydrogen-bond acceptors (Lipinski definition) is 2. The molecule has 0 aromatic carbocycles. The number of rotatable bonds is 0. The predicted octanol–water partition coefficient (Wildman–Crippen LogP) is 1.59. The van der Waals surface area contributed by atoms with E-state index in [1.807, 2.05) is 0 Å². The fourth-order valence-electron chi connectivity index (χ4n) is 2.34. The lowest BCUT2D eigenvalue weighted by molar-refractivity contribution is 0.0863. The molecule has 0 radical (unpaired) electrons. The van der Waals surface area contributed by atoms with Crippen LogP contribution in [-0.2, 0) is 9.47 Å². The van der Waals surface area contributed by atoms with E-state index in [4.69, 9.17) is 9.47 Å². The third kappa shape index (κ3) is 1.30. The van der Waals surface area contributed by atoms with Gasteiger partial charge in [0, 0.05) is 5.41 Å². The van der Waals surface area contributed by atoms with Crippen LogP contribution in [0.2, 0.25) is 0 Å². The Morgan fingerprint density at radius 1 is 1.00 bits per heavy atom. The van der Waals surface area contributed by atoms with Crippen molar-refractivity contribution in [1.29, 1.82) is 0 Å². The van der Waals surface area contributed by atoms with E-state index in [2.05, 4.69) is 13.8 Å². The summed E-state index contributed by atoms with van der Waals surface area (Å²) >= 11 is 0. The van der Waals surface area contributed by atoms with E-state index in [1.165, 1.54) is 12.8 Å². The molecule has 11 heavy (non-hydrogen) atoms. The summed E-state index contributed by atoms with van der Waals surface area (Å²) in [7, 11) is 0. The largest absolute Gasteiger partial charge is 0.378 e. The van der Waals surface area contributed by atoms with Gasteiger partial charge in [-0.05, 0) is 26.7 Å². The van der Waals surface area contributed by atoms with Crippen molar-refractivity contribution in [3.05, 3.63) is 0 Å². The highest BCUT2D eigenvalue weighted by Gasteiger charge is 2.44. The first kappa shape index (κ1) is 7.56. The lowest BCUT2D eigenvalue weighted by Gasteiger charge is -2.17. The fraction of sp³-hybridized carbons (Fsp3) is 1.00. The Labute approximate surface area is 67.9 Å². The van der Waals surface area contributed by atoms with E-state index >= 15 is 0 Å². The van der Waals surface area contributed by atoms with Crippen molar-refractivity contribution in [3.8, 4) is 0 Å². The maximum atomic E-state index is 5.56. The molecule has 2 atom stereocenters. The van der Waals surface area contributed by atoms with Crippen LogP contribution in [0, 0.1) is 5.41 Å². The average Bonchev–Trinajstić information content (AvgIpc) is 2.44. The van der Waals surface area contributed by atoms with Crippen LogP contribution in [0.5, 0.6) is 0 Å². The van der Waals surface area contributed by atoms with Gasteiger partial charge in [-0.25, -0.2) is 0 Å². The van der Waals surface area contributed by atoms with Crippen molar-refractivity contribution in [2.45, 2.75) is 38.9 Å². The average molecular weight is 156 g/mol. The van der Waals surface area contributed by atoms with Crippen LogP contribution in [0.25, 0.3) is 0 Å². The molecule has 64 valence electrons. The SMILES string of the molecule is CC1CC2(CO1)COC(C)C2. The van der Waals surface area contributed by atoms with Gasteiger partial charge < -0.3 is 9.47 Å². The molecule has 0 aromatic heterocycles. The quantitative estimate of drug-likeness (QED) is 0.530. The summed E-state index contributed by atoms with van der Waals surface area (Å²) in [6.07, 6.45) is 3.28. The molecule has 2 aliphatic rings. The van der Waals surface area contributed by atoms with E-state index in [1.54, 1.807) is 0 Å². The van der Waals surface area contributed by atoms with E-state index < -0.39 is 0 Å². The molecule has 0 amide bonds. The topological polar surface area (TPSA) is 18.5 Å². The number of ether oxygens (including phenoxy) is 2. The monoisotopic (exact) mass is 156 g/mol. The highest BCUT2D eigenvalue weighted by Crippen LogP contribution is 2.42. The summed E-state index contributed by atoms with van der Waals surface area (Å²) in [6, 6.07) is 0. The maximum Gasteiger partial charge on any atom is 0.0554 e. The van der Waals surface area contributed by atoms with Gasteiger partial charge in [0.05, 0.1) is 25.4 Å². The van der Waals surface area contributed by atoms with E-state index in [0.717, 1.165) is 13.2 Å². The molecule has 1 spiro atoms. The highest BCUT2D eigenvalue weighted by molar-refractivity contribution is 4.91. The third-order valence-electron chi connectivity index (χ3n) is 2.79. The molecule has 2 heteroatoms. The van der Waals surface area contributed by atoms with Crippen molar-refractivity contribution < 1.29 is 9.47 Å². The van der Waals surface area contributed by atoms with Crippen molar-refractivity contribution in [2.24, 2.45) is 5.41 Å². The summed E-state index contributed by atoms with van der Waals surface area (Å²) in [5, 5.41) is 0. The zero-order chi connectivity index (χ0) is 7.90. The first-order valence-electron chi connectivity index (χ1n) is 4.43. The normalized spacial score (nSPS) is 50.7. The lowest BCUT2D eigenvalue weighted by Crippen LogP contribution is -2.21. The molecular formula is C9H16O2. The van der Waals surface area contributed by atoms with Crippen molar-refractivity contribution in [1.82, 2.24) is 0 Å². The summed E-state index contributed by atoms with van der Waals surface area (Å²) in [6.45, 7) is 6.13. The molecule has 2 nitrogen and oxygen atoms in total. The van der Waals surface area contributed by atoms with Crippen molar-refractivity contribution in [3.63, 3.8) is 0 Å². The molecule has 2 rings (SSSR count). The Balaban J connectivity index is 2.02. The summed E-state index contributed by atoms with van der Waals surface area (Å²) < 4.78 is 11.1. The Kier molecular flexibility index (Phi) is 1.69. The molecule has 2 aliphatic heterocycles. The second-order valence-corrected chi connectivity index (χ2v) is 4.15. The summed E-state index contributed by atoms with van der Waals surface area (Å²) in [5.74, 6) is 0. The van der Waals surface area contributed by atoms with Crippen LogP contribution >= 0.6 is 0 Å². The minimum absolute atomic E-state index is 0.388. The molecule has 2 heterocycles. The third-order valence-corrected chi connectivity index (χ3v) is 2.79. The van der Waals surface area contributed by atoms with Crippen molar-refractivity contribution in [2.75, 3.05) is 13.2 Å². The standard InChI is InChI=1S/C9H16O2/c1-7-3-9(5-10-7)4-8(2)11-6-9/h7-8H,3-6H2,1-2H3. The van der Waals surface area contributed by atoms with Crippen LogP contribution in [0.15, 0.2) is 0 Å². The van der Waals surface area contributed by atoms with Gasteiger partial charge in [-0.15, -0.1) is 0 Å². The van der Waals surface area contributed by atoms with Gasteiger partial charge in [0.15, 0.2) is 0 Å². The first-order valence-corrected chi connectivity index (χ1v) is 4.43. The van der Waals surface area contributed by atoms with Crippen molar-refractivity contribution >= 4 is 0 Å². The van der Waals surface area contributed by atoms with Gasteiger partial charge in [0.25, 0.3) is 0 Å². The second kappa shape index (κ2) is 2.46. The van der Waals surface area contributed by atoms with E-state index in [-0.39, 0.29) is 0 Å². The van der Waals surface area contributed by atoms with Crippen LogP contribution in [0.3, 0.4) is 0 Å². The minimum atomic E-state index is 0.388. The number of hydrogen-bond donors (Lipinski definition) is 0. The summed E-state index contributed by atoms with van der Waals surface area (Å²) in [5.41, 5.74) is 0.388. The Bertz CT molecular complexity index is 138. The van der Waals surface area contributed by atoms with Gasteiger partial charge in [0.2, 0.25) is 0 Å². The Morgan fingerprint density at radius 2 is 1.45 bits per heavy atom. The second-order valence-electron chi connectivity index (χ2n) is 4.15. The smallest absolute Gasteiger partial charge is 0.0554 e. The lowest BCUT2D eigenvalue weighted by atomic mass is 9.84. The molecule has 2 saturated heterocycles. The summed E-state index contributed by atoms with van der Waals surface area (Å²) in [4.78, 5) is 0. The predicted molar refractivity (Wildman–Crippen MR) is 42.5 cm³/mol. The highest BCUT2D eigenvalue weighted by atomic mass is 16.5. The van der Waals surface area contributed by atoms with Gasteiger partial charge in [-0.2, -0.15) is 0 Å². The molecule has 2 fully saturated rings. The molecule has 2 unspecified atom stereocenters. The zero-order valence-electron chi connectivity index (χ0n) is 7.30. The Morgan fingerprint density at radius 3 is 1.73 bits per heavy atom. The minimum Gasteiger partial charge on any atom is -0.378 e. The van der Waals surface area contributed by atoms with Crippen LogP contribution in [0.4, 0.5) is 0 Å². The molecule has 0 saturated carbocycles. The van der Waals surface area contributed by atoms with Crippen LogP contribution in [0.1, 0.15) is 26.7 Å². The zero-order valence-corrected chi connectivity index (χ0v) is 7.30.